The molecule has 6 aromatic rings. The summed E-state index contributed by atoms with van der Waals surface area (Å²) in [5, 5.41) is 42.2. The molecule has 6 fully saturated rings. The van der Waals surface area contributed by atoms with Crippen LogP contribution < -0.4 is 0 Å². The molecular weight excluding hydrogens is 1090 g/mol. The van der Waals surface area contributed by atoms with E-state index in [2.05, 4.69) is 70.4 Å². The Balaban J connectivity index is 0.000000161. The summed E-state index contributed by atoms with van der Waals surface area (Å²) < 4.78 is 88.2. The van der Waals surface area contributed by atoms with Crippen molar-refractivity contribution in [2.24, 2.45) is 23.7 Å². The first kappa shape index (κ1) is 64.5. The van der Waals surface area contributed by atoms with E-state index in [-0.39, 0.29) is 24.9 Å². The molecule has 6 aliphatic heterocycles. The van der Waals surface area contributed by atoms with Gasteiger partial charge in [-0.25, -0.2) is 9.59 Å². The van der Waals surface area contributed by atoms with E-state index in [1.165, 1.54) is 25.0 Å². The van der Waals surface area contributed by atoms with E-state index in [0.29, 0.717) is 34.8 Å². The Hall–Kier alpha value is -7.06. The number of hydrogen-bond donors (Lipinski definition) is 4. The summed E-state index contributed by atoms with van der Waals surface area (Å²) in [6.45, 7) is 18.0. The monoisotopic (exact) mass is 1160 g/mol. The summed E-state index contributed by atoms with van der Waals surface area (Å²) in [5.41, 5.74) is -1.54. The van der Waals surface area contributed by atoms with Crippen molar-refractivity contribution >= 4 is 33.7 Å². The van der Waals surface area contributed by atoms with Crippen molar-refractivity contribution in [3.63, 3.8) is 0 Å². The third-order valence-electron chi connectivity index (χ3n) is 16.7. The molecule has 0 aliphatic carbocycles. The van der Waals surface area contributed by atoms with Gasteiger partial charge in [0.25, 0.3) is 11.2 Å². The number of allylic oxidation sites excluding steroid dienone is 2. The van der Waals surface area contributed by atoms with Crippen LogP contribution in [0.15, 0.2) is 184 Å². The van der Waals surface area contributed by atoms with Crippen LogP contribution in [0.5, 0.6) is 0 Å². The number of aliphatic carboxylic acids is 2. The number of aliphatic hydroxyl groups is 2. The largest absolute Gasteiger partial charge is 0.479 e. The predicted molar refractivity (Wildman–Crippen MR) is 311 cm³/mol. The van der Waals surface area contributed by atoms with E-state index in [0.717, 1.165) is 72.0 Å². The van der Waals surface area contributed by atoms with Crippen LogP contribution in [0.3, 0.4) is 0 Å². The normalized spacial score (nSPS) is 23.7. The van der Waals surface area contributed by atoms with Gasteiger partial charge >= 0.3 is 24.3 Å². The molecule has 12 nitrogen and oxygen atoms in total. The second-order valence-corrected chi connectivity index (χ2v) is 21.7. The molecule has 4 aromatic carbocycles. The molecule has 0 amide bonds. The van der Waals surface area contributed by atoms with E-state index in [1.54, 1.807) is 60.7 Å². The Morgan fingerprint density at radius 2 is 0.917 bits per heavy atom. The first-order chi connectivity index (χ1) is 40.2. The minimum Gasteiger partial charge on any atom is -0.479 e. The number of piperidine rings is 6. The van der Waals surface area contributed by atoms with Crippen LogP contribution in [0.25, 0.3) is 21.8 Å². The number of nitrogens with zero attached hydrogens (tertiary/aromatic N) is 4. The highest BCUT2D eigenvalue weighted by atomic mass is 19.4. The lowest BCUT2D eigenvalue weighted by Gasteiger charge is -2.50. The second-order valence-electron chi connectivity index (χ2n) is 21.7. The quantitative estimate of drug-likeness (QED) is 0.0423. The number of rotatable bonds is 20. The van der Waals surface area contributed by atoms with E-state index in [9.17, 15) is 46.1 Å². The topological polar surface area (TPSA) is 166 Å². The Labute approximate surface area is 486 Å². The summed E-state index contributed by atoms with van der Waals surface area (Å²) in [6, 6.07) is 36.8. The van der Waals surface area contributed by atoms with Crippen molar-refractivity contribution in [1.29, 1.82) is 0 Å². The highest BCUT2D eigenvalue weighted by molar-refractivity contribution is 5.83. The van der Waals surface area contributed by atoms with Gasteiger partial charge in [-0.2, -0.15) is 26.3 Å². The summed E-state index contributed by atoms with van der Waals surface area (Å²) in [5.74, 6) is -1.55. The maximum atomic E-state index is 13.1. The minimum absolute atomic E-state index is 0.111. The van der Waals surface area contributed by atoms with Crippen LogP contribution in [-0.2, 0) is 32.3 Å². The number of alkyl halides is 6. The summed E-state index contributed by atoms with van der Waals surface area (Å²) in [6.07, 6.45) is 2.35. The van der Waals surface area contributed by atoms with Crippen LogP contribution in [0.1, 0.15) is 85.8 Å². The number of ether oxygens (including phenoxy) is 2. The van der Waals surface area contributed by atoms with Gasteiger partial charge in [-0.05, 0) is 135 Å². The third-order valence-corrected chi connectivity index (χ3v) is 16.7. The molecule has 12 atom stereocenters. The van der Waals surface area contributed by atoms with Gasteiger partial charge in [-0.3, -0.25) is 19.8 Å². The number of benzene rings is 4. The average Bonchev–Trinajstić information content (AvgIpc) is 1.97. The average molecular weight is 1170 g/mol. The fourth-order valence-corrected chi connectivity index (χ4v) is 11.9. The van der Waals surface area contributed by atoms with Gasteiger partial charge in [0, 0.05) is 48.3 Å². The number of pyridine rings is 2. The zero-order valence-electron chi connectivity index (χ0n) is 46.8. The van der Waals surface area contributed by atoms with Crippen molar-refractivity contribution in [3.8, 4) is 0 Å². The van der Waals surface area contributed by atoms with Gasteiger partial charge in [-0.15, -0.1) is 26.3 Å². The van der Waals surface area contributed by atoms with Gasteiger partial charge in [0.05, 0.1) is 36.5 Å². The fourth-order valence-electron chi connectivity index (χ4n) is 11.9. The molecule has 0 saturated carbocycles. The first-order valence-corrected chi connectivity index (χ1v) is 28.2. The minimum atomic E-state index is -5.00. The molecular formula is C66H74F6N4O8. The van der Waals surface area contributed by atoms with Crippen molar-refractivity contribution in [1.82, 2.24) is 19.8 Å². The lowest BCUT2D eigenvalue weighted by atomic mass is 9.73. The summed E-state index contributed by atoms with van der Waals surface area (Å²) in [7, 11) is 0. The second kappa shape index (κ2) is 29.2. The molecule has 0 spiro atoms. The molecule has 18 heteroatoms. The first-order valence-electron chi connectivity index (χ1n) is 28.2. The van der Waals surface area contributed by atoms with E-state index < -0.39 is 73.8 Å². The number of aliphatic hydroxyl groups excluding tert-OH is 2. The van der Waals surface area contributed by atoms with Crippen molar-refractivity contribution in [2.45, 2.75) is 112 Å². The standard InChI is InChI=1S/2C19H22N2O.2C14H15F3O3/c2*1-2-13-12-21-10-8-14(13)11-18(21)19(22)16-7-9-20-17-6-4-3-5-15(16)17;2*1-2-3-9-13(12(18)19,14(15,16)17)20-10-11-7-5-4-6-8-11/h2*2-7,9,13-14,18-19,22H,1,8,10-12H2;2*2,4-8H,1,3,9-10H2,(H,18,19)/t2*13?,14-,18-,19+;13-;/m001./s1. The van der Waals surface area contributed by atoms with Gasteiger partial charge < -0.3 is 29.9 Å². The van der Waals surface area contributed by atoms with Gasteiger partial charge in [0.1, 0.15) is 0 Å². The van der Waals surface area contributed by atoms with Crippen molar-refractivity contribution in [3.05, 3.63) is 207 Å². The van der Waals surface area contributed by atoms with E-state index >= 15 is 0 Å². The summed E-state index contributed by atoms with van der Waals surface area (Å²) in [4.78, 5) is 35.9. The van der Waals surface area contributed by atoms with Crippen molar-refractivity contribution < 1.29 is 65.8 Å². The third kappa shape index (κ3) is 15.1. The maximum Gasteiger partial charge on any atom is 0.428 e. The van der Waals surface area contributed by atoms with E-state index in [1.807, 2.05) is 60.9 Å². The number of fused-ring (bicyclic) bond motifs is 8. The zero-order valence-corrected chi connectivity index (χ0v) is 46.8. The lowest BCUT2D eigenvalue weighted by molar-refractivity contribution is -0.281. The highest BCUT2D eigenvalue weighted by Gasteiger charge is 2.63. The van der Waals surface area contributed by atoms with Gasteiger partial charge in [0.15, 0.2) is 0 Å². The van der Waals surface area contributed by atoms with Crippen molar-refractivity contribution in [2.75, 3.05) is 26.2 Å². The number of carbonyl (C=O) groups is 2. The van der Waals surface area contributed by atoms with Gasteiger partial charge in [-0.1, -0.05) is 121 Å². The molecule has 8 heterocycles. The smallest absolute Gasteiger partial charge is 0.428 e. The van der Waals surface area contributed by atoms with Crippen LogP contribution in [0.2, 0.25) is 0 Å². The lowest BCUT2D eigenvalue weighted by Crippen LogP contribution is -2.54. The molecule has 12 rings (SSSR count). The molecule has 448 valence electrons. The molecule has 6 saturated heterocycles. The Morgan fingerprint density at radius 1 is 0.560 bits per heavy atom. The molecule has 84 heavy (non-hydrogen) atoms. The number of carboxylic acid groups (broad SMARTS) is 2. The number of halogens is 6. The van der Waals surface area contributed by atoms with Crippen LogP contribution >= 0.6 is 0 Å². The maximum absolute atomic E-state index is 13.1. The Bertz CT molecular complexity index is 2930. The van der Waals surface area contributed by atoms with Crippen LogP contribution in [0, 0.1) is 23.7 Å². The summed E-state index contributed by atoms with van der Waals surface area (Å²) >= 11 is 0. The number of para-hydroxylation sites is 2. The highest BCUT2D eigenvalue weighted by Crippen LogP contribution is 2.45. The molecule has 2 aromatic heterocycles. The van der Waals surface area contributed by atoms with E-state index in [4.69, 9.17) is 19.7 Å². The van der Waals surface area contributed by atoms with Crippen LogP contribution in [-0.4, -0.2) is 114 Å². The molecule has 5 unspecified atom stereocenters. The zero-order chi connectivity index (χ0) is 60.7. The molecule has 4 bridgehead atoms. The number of carboxylic acids is 2. The van der Waals surface area contributed by atoms with Crippen LogP contribution in [0.4, 0.5) is 26.3 Å². The Morgan fingerprint density at radius 3 is 1.23 bits per heavy atom. The predicted octanol–water partition coefficient (Wildman–Crippen LogP) is 13.4. The molecule has 4 N–H and O–H groups in total. The SMILES string of the molecule is C=CC1CN2CC[C@H]1C[C@H]2[C@H](O)c1ccnc2ccccc12.C=CC1CN2CC[C@H]1C[C@H]2[C@H](O)c1ccnc2ccccc12.C=CCCC(OCc1ccccc1)(C(=O)O)C(F)(F)F.C=CCC[C@@](OCc1ccccc1)(C(=O)O)C(F)(F)F. The Kier molecular flexibility index (Phi) is 22.4. The van der Waals surface area contributed by atoms with Gasteiger partial charge in [0.2, 0.25) is 0 Å². The molecule has 6 aliphatic rings. The fraction of sp³-hybridized carbons (Fsp3) is 0.394. The molecule has 0 radical (unpaired) electrons. The number of aromatic nitrogens is 2. The number of hydrogen-bond acceptors (Lipinski definition) is 10.